The third-order valence-electron chi connectivity index (χ3n) is 6.88. The SMILES string of the molecule is COc1cccc(S(=O)(=O)N2CC(c3nncn3C)C3(CCN(C(C)C)CC3)C2)c1. The van der Waals surface area contributed by atoms with Crippen molar-refractivity contribution in [1.82, 2.24) is 24.0 Å². The first kappa shape index (κ1) is 21.3. The van der Waals surface area contributed by atoms with Crippen LogP contribution in [0.4, 0.5) is 0 Å². The maximum Gasteiger partial charge on any atom is 0.243 e. The molecule has 1 atom stereocenters. The number of hydrogen-bond donors (Lipinski definition) is 0. The zero-order valence-electron chi connectivity index (χ0n) is 18.2. The van der Waals surface area contributed by atoms with Crippen molar-refractivity contribution in [3.8, 4) is 5.75 Å². The lowest BCUT2D eigenvalue weighted by molar-refractivity contribution is 0.0791. The Balaban J connectivity index is 1.68. The number of hydrogen-bond acceptors (Lipinski definition) is 6. The van der Waals surface area contributed by atoms with Gasteiger partial charge in [0.2, 0.25) is 10.0 Å². The molecule has 1 spiro atoms. The number of likely N-dealkylation sites (tertiary alicyclic amines) is 1. The van der Waals surface area contributed by atoms with E-state index < -0.39 is 10.0 Å². The number of methoxy groups -OCH3 is 1. The molecule has 4 rings (SSSR count). The minimum atomic E-state index is -3.63. The largest absolute Gasteiger partial charge is 0.497 e. The van der Waals surface area contributed by atoms with E-state index in [1.807, 2.05) is 11.6 Å². The molecule has 164 valence electrons. The first-order valence-electron chi connectivity index (χ1n) is 10.5. The summed E-state index contributed by atoms with van der Waals surface area (Å²) in [4.78, 5) is 2.74. The highest BCUT2D eigenvalue weighted by atomic mass is 32.2. The molecule has 30 heavy (non-hydrogen) atoms. The molecule has 1 aromatic carbocycles. The van der Waals surface area contributed by atoms with Gasteiger partial charge < -0.3 is 14.2 Å². The second kappa shape index (κ2) is 7.94. The summed E-state index contributed by atoms with van der Waals surface area (Å²) in [6.45, 7) is 7.31. The van der Waals surface area contributed by atoms with Crippen LogP contribution in [0.2, 0.25) is 0 Å². The Hall–Kier alpha value is -1.97. The molecule has 2 aromatic rings. The van der Waals surface area contributed by atoms with Crippen molar-refractivity contribution in [3.05, 3.63) is 36.4 Å². The van der Waals surface area contributed by atoms with Crippen LogP contribution >= 0.6 is 0 Å². The number of aryl methyl sites for hydroxylation is 1. The predicted octanol–water partition coefficient (Wildman–Crippen LogP) is 2.10. The van der Waals surface area contributed by atoms with Gasteiger partial charge in [-0.3, -0.25) is 0 Å². The van der Waals surface area contributed by atoms with Gasteiger partial charge in [0.15, 0.2) is 0 Å². The van der Waals surface area contributed by atoms with Crippen molar-refractivity contribution in [1.29, 1.82) is 0 Å². The fraction of sp³-hybridized carbons (Fsp3) is 0.619. The number of nitrogens with zero attached hydrogens (tertiary/aromatic N) is 5. The molecular formula is C21H31N5O3S. The van der Waals surface area contributed by atoms with Gasteiger partial charge in [-0.25, -0.2) is 8.42 Å². The smallest absolute Gasteiger partial charge is 0.243 e. The number of sulfonamides is 1. The van der Waals surface area contributed by atoms with Crippen LogP contribution in [0.3, 0.4) is 0 Å². The molecular weight excluding hydrogens is 402 g/mol. The third-order valence-corrected chi connectivity index (χ3v) is 8.69. The molecule has 0 N–H and O–H groups in total. The van der Waals surface area contributed by atoms with Crippen LogP contribution < -0.4 is 4.74 Å². The molecule has 0 radical (unpaired) electrons. The van der Waals surface area contributed by atoms with Crippen LogP contribution in [0.5, 0.6) is 5.75 Å². The van der Waals surface area contributed by atoms with E-state index in [1.165, 1.54) is 0 Å². The van der Waals surface area contributed by atoms with Crippen molar-refractivity contribution >= 4 is 10.0 Å². The lowest BCUT2D eigenvalue weighted by atomic mass is 9.70. The molecule has 2 saturated heterocycles. The lowest BCUT2D eigenvalue weighted by Crippen LogP contribution is -2.46. The van der Waals surface area contributed by atoms with Gasteiger partial charge in [-0.1, -0.05) is 6.07 Å². The molecule has 1 aromatic heterocycles. The first-order valence-corrected chi connectivity index (χ1v) is 11.9. The summed E-state index contributed by atoms with van der Waals surface area (Å²) in [6.07, 6.45) is 3.60. The Morgan fingerprint density at radius 2 is 1.97 bits per heavy atom. The van der Waals surface area contributed by atoms with Gasteiger partial charge in [0.05, 0.1) is 12.0 Å². The maximum atomic E-state index is 13.5. The predicted molar refractivity (Wildman–Crippen MR) is 114 cm³/mol. The maximum absolute atomic E-state index is 13.5. The summed E-state index contributed by atoms with van der Waals surface area (Å²) in [5.41, 5.74) is -0.127. The summed E-state index contributed by atoms with van der Waals surface area (Å²) >= 11 is 0. The summed E-state index contributed by atoms with van der Waals surface area (Å²) in [6, 6.07) is 7.21. The van der Waals surface area contributed by atoms with E-state index in [4.69, 9.17) is 4.74 Å². The van der Waals surface area contributed by atoms with Crippen LogP contribution in [0, 0.1) is 5.41 Å². The minimum Gasteiger partial charge on any atom is -0.497 e. The van der Waals surface area contributed by atoms with Crippen molar-refractivity contribution < 1.29 is 13.2 Å². The molecule has 8 nitrogen and oxygen atoms in total. The summed E-state index contributed by atoms with van der Waals surface area (Å²) in [7, 11) is -0.150. The summed E-state index contributed by atoms with van der Waals surface area (Å²) in [5, 5.41) is 8.45. The fourth-order valence-electron chi connectivity index (χ4n) is 4.97. The van der Waals surface area contributed by atoms with Crippen LogP contribution in [-0.2, 0) is 17.1 Å². The van der Waals surface area contributed by atoms with E-state index in [1.54, 1.807) is 42.0 Å². The van der Waals surface area contributed by atoms with E-state index in [-0.39, 0.29) is 16.2 Å². The Kier molecular flexibility index (Phi) is 5.63. The molecule has 0 saturated carbocycles. The Morgan fingerprint density at radius 1 is 1.23 bits per heavy atom. The molecule has 2 aliphatic heterocycles. The second-order valence-electron chi connectivity index (χ2n) is 8.82. The highest BCUT2D eigenvalue weighted by Crippen LogP contribution is 2.50. The molecule has 0 aliphatic carbocycles. The molecule has 0 amide bonds. The van der Waals surface area contributed by atoms with Crippen LogP contribution in [0.1, 0.15) is 38.4 Å². The number of aromatic nitrogens is 3. The standard InChI is InChI=1S/C21H31N5O3S/c1-16(2)25-10-8-21(9-11-25)14-26(13-19(21)20-23-22-15-24(20)3)30(27,28)18-7-5-6-17(12-18)29-4/h5-7,12,15-16,19H,8-11,13-14H2,1-4H3. The van der Waals surface area contributed by atoms with E-state index in [2.05, 4.69) is 28.9 Å². The van der Waals surface area contributed by atoms with Gasteiger partial charge in [0.25, 0.3) is 0 Å². The minimum absolute atomic E-state index is 0.0275. The Morgan fingerprint density at radius 3 is 2.57 bits per heavy atom. The number of rotatable bonds is 5. The Labute approximate surface area is 178 Å². The van der Waals surface area contributed by atoms with Crippen LogP contribution in [-0.4, -0.2) is 71.7 Å². The third kappa shape index (κ3) is 3.63. The van der Waals surface area contributed by atoms with E-state index >= 15 is 0 Å². The average Bonchev–Trinajstić information content (AvgIpc) is 3.32. The average molecular weight is 434 g/mol. The monoisotopic (exact) mass is 433 g/mol. The number of benzene rings is 1. The van der Waals surface area contributed by atoms with E-state index in [0.29, 0.717) is 24.9 Å². The Bertz CT molecular complexity index is 996. The van der Waals surface area contributed by atoms with Gasteiger partial charge in [-0.2, -0.15) is 4.31 Å². The van der Waals surface area contributed by atoms with E-state index in [9.17, 15) is 8.42 Å². The molecule has 9 heteroatoms. The second-order valence-corrected chi connectivity index (χ2v) is 10.8. The summed E-state index contributed by atoms with van der Waals surface area (Å²) < 4.78 is 35.9. The quantitative estimate of drug-likeness (QED) is 0.718. The van der Waals surface area contributed by atoms with Gasteiger partial charge in [0.1, 0.15) is 17.9 Å². The number of piperidine rings is 1. The van der Waals surface area contributed by atoms with Crippen LogP contribution in [0.25, 0.3) is 0 Å². The van der Waals surface area contributed by atoms with Crippen LogP contribution in [0.15, 0.2) is 35.5 Å². The fourth-order valence-corrected chi connectivity index (χ4v) is 6.56. The van der Waals surface area contributed by atoms with Gasteiger partial charge in [0, 0.05) is 38.2 Å². The lowest BCUT2D eigenvalue weighted by Gasteiger charge is -2.43. The van der Waals surface area contributed by atoms with Gasteiger partial charge in [-0.05, 0) is 57.3 Å². The van der Waals surface area contributed by atoms with Crippen molar-refractivity contribution in [3.63, 3.8) is 0 Å². The van der Waals surface area contributed by atoms with Crippen molar-refractivity contribution in [2.75, 3.05) is 33.3 Å². The van der Waals surface area contributed by atoms with Crippen molar-refractivity contribution in [2.24, 2.45) is 12.5 Å². The van der Waals surface area contributed by atoms with Gasteiger partial charge >= 0.3 is 0 Å². The molecule has 2 aliphatic rings. The molecule has 0 bridgehead atoms. The zero-order valence-corrected chi connectivity index (χ0v) is 19.0. The first-order chi connectivity index (χ1) is 14.3. The van der Waals surface area contributed by atoms with Gasteiger partial charge in [-0.15, -0.1) is 10.2 Å². The number of ether oxygens (including phenoxy) is 1. The zero-order chi connectivity index (χ0) is 21.5. The van der Waals surface area contributed by atoms with E-state index in [0.717, 1.165) is 31.8 Å². The van der Waals surface area contributed by atoms with Crippen molar-refractivity contribution in [2.45, 2.75) is 43.5 Å². The molecule has 3 heterocycles. The normalized spacial score (nSPS) is 22.8. The molecule has 1 unspecified atom stereocenters. The highest BCUT2D eigenvalue weighted by Gasteiger charge is 2.53. The molecule has 2 fully saturated rings. The summed E-state index contributed by atoms with van der Waals surface area (Å²) in [5.74, 6) is 1.44. The highest BCUT2D eigenvalue weighted by molar-refractivity contribution is 7.89. The topological polar surface area (TPSA) is 80.6 Å².